The van der Waals surface area contributed by atoms with E-state index in [1.807, 2.05) is 6.07 Å². The quantitative estimate of drug-likeness (QED) is 0.763. The van der Waals surface area contributed by atoms with Gasteiger partial charge >= 0.3 is 12.1 Å². The lowest BCUT2D eigenvalue weighted by molar-refractivity contribution is 0.0529. The molecule has 27 heavy (non-hydrogen) atoms. The van der Waals surface area contributed by atoms with Gasteiger partial charge in [-0.1, -0.05) is 6.07 Å². The zero-order valence-corrected chi connectivity index (χ0v) is 16.4. The van der Waals surface area contributed by atoms with Crippen molar-refractivity contribution in [2.24, 2.45) is 0 Å². The van der Waals surface area contributed by atoms with Gasteiger partial charge < -0.3 is 18.9 Å². The number of fused-ring (bicyclic) bond motifs is 1. The molecule has 8 heteroatoms. The van der Waals surface area contributed by atoms with Crippen molar-refractivity contribution in [3.8, 4) is 22.6 Å². The molecule has 0 saturated carbocycles. The summed E-state index contributed by atoms with van der Waals surface area (Å²) in [5.74, 6) is 0.742. The van der Waals surface area contributed by atoms with E-state index in [9.17, 15) is 9.59 Å². The molecule has 7 nitrogen and oxygen atoms in total. The Morgan fingerprint density at radius 3 is 2.67 bits per heavy atom. The van der Waals surface area contributed by atoms with Crippen LogP contribution in [0.4, 0.5) is 9.80 Å². The van der Waals surface area contributed by atoms with Crippen LogP contribution in [-0.4, -0.2) is 31.1 Å². The van der Waals surface area contributed by atoms with Crippen molar-refractivity contribution in [3.05, 3.63) is 29.1 Å². The Kier molecular flexibility index (Phi) is 5.27. The molecule has 0 spiro atoms. The normalized spacial score (nSPS) is 12.6. The average molecular weight is 391 g/mol. The van der Waals surface area contributed by atoms with Gasteiger partial charge in [0.25, 0.3) is 0 Å². The van der Waals surface area contributed by atoms with E-state index in [0.29, 0.717) is 22.1 Å². The standard InChI is InChI=1S/C19H21NO6S/c1-5-23-17(21)15-12(11-6-7-13-14(8-11)25-10-24-13)9-27-16(15)20-18(22)26-19(2,3)4/h6-9H,5,10H2,1-4H3,(H,20,22). The first-order chi connectivity index (χ1) is 12.8. The van der Waals surface area contributed by atoms with Crippen molar-refractivity contribution >= 4 is 28.4 Å². The molecule has 1 aliphatic heterocycles. The maximum Gasteiger partial charge on any atom is 0.412 e. The minimum absolute atomic E-state index is 0.165. The number of hydrogen-bond acceptors (Lipinski definition) is 7. The van der Waals surface area contributed by atoms with Crippen LogP contribution in [0.5, 0.6) is 11.5 Å². The highest BCUT2D eigenvalue weighted by Gasteiger charge is 2.26. The van der Waals surface area contributed by atoms with E-state index in [4.69, 9.17) is 18.9 Å². The van der Waals surface area contributed by atoms with Crippen molar-refractivity contribution in [2.45, 2.75) is 33.3 Å². The summed E-state index contributed by atoms with van der Waals surface area (Å²) in [6.45, 7) is 7.42. The smallest absolute Gasteiger partial charge is 0.412 e. The number of amides is 1. The molecule has 1 aromatic heterocycles. The molecule has 0 atom stereocenters. The highest BCUT2D eigenvalue weighted by atomic mass is 32.1. The molecule has 1 amide bonds. The predicted molar refractivity (Wildman–Crippen MR) is 102 cm³/mol. The molecule has 0 unspecified atom stereocenters. The minimum Gasteiger partial charge on any atom is -0.462 e. The van der Waals surface area contributed by atoms with E-state index in [-0.39, 0.29) is 19.0 Å². The van der Waals surface area contributed by atoms with Gasteiger partial charge in [-0.05, 0) is 45.4 Å². The van der Waals surface area contributed by atoms with Crippen molar-refractivity contribution in [3.63, 3.8) is 0 Å². The summed E-state index contributed by atoms with van der Waals surface area (Å²) in [6.07, 6.45) is -0.632. The molecule has 2 heterocycles. The molecule has 0 radical (unpaired) electrons. The van der Waals surface area contributed by atoms with Crippen LogP contribution in [0, 0.1) is 0 Å². The van der Waals surface area contributed by atoms with E-state index < -0.39 is 17.7 Å². The molecule has 3 rings (SSSR count). The lowest BCUT2D eigenvalue weighted by Crippen LogP contribution is -2.27. The molecule has 2 aromatic rings. The molecule has 0 saturated heterocycles. The predicted octanol–water partition coefficient (Wildman–Crippen LogP) is 4.67. The fourth-order valence-electron chi connectivity index (χ4n) is 2.53. The largest absolute Gasteiger partial charge is 0.462 e. The van der Waals surface area contributed by atoms with Crippen LogP contribution >= 0.6 is 11.3 Å². The second-order valence-corrected chi connectivity index (χ2v) is 7.65. The summed E-state index contributed by atoms with van der Waals surface area (Å²) in [6, 6.07) is 5.41. The minimum atomic E-state index is -0.647. The van der Waals surface area contributed by atoms with Gasteiger partial charge in [-0.2, -0.15) is 0 Å². The van der Waals surface area contributed by atoms with E-state index in [1.165, 1.54) is 11.3 Å². The van der Waals surface area contributed by atoms with Crippen molar-refractivity contribution in [1.82, 2.24) is 0 Å². The number of ether oxygens (including phenoxy) is 4. The van der Waals surface area contributed by atoms with Crippen LogP contribution in [0.25, 0.3) is 11.1 Å². The summed E-state index contributed by atoms with van der Waals surface area (Å²) in [5, 5.41) is 4.81. The number of carbonyl (C=O) groups is 2. The first-order valence-electron chi connectivity index (χ1n) is 8.47. The Morgan fingerprint density at radius 1 is 1.22 bits per heavy atom. The van der Waals surface area contributed by atoms with Crippen molar-refractivity contribution in [1.29, 1.82) is 0 Å². The molecule has 1 aromatic carbocycles. The molecule has 0 bridgehead atoms. The van der Waals surface area contributed by atoms with Gasteiger partial charge in [-0.25, -0.2) is 9.59 Å². The van der Waals surface area contributed by atoms with Gasteiger partial charge in [0.05, 0.1) is 6.61 Å². The number of anilines is 1. The van der Waals surface area contributed by atoms with Crippen LogP contribution in [0.1, 0.15) is 38.1 Å². The van der Waals surface area contributed by atoms with Gasteiger partial charge in [0.15, 0.2) is 11.5 Å². The fourth-order valence-corrected chi connectivity index (χ4v) is 3.47. The van der Waals surface area contributed by atoms with Crippen LogP contribution in [0.2, 0.25) is 0 Å². The number of rotatable bonds is 4. The van der Waals surface area contributed by atoms with Gasteiger partial charge in [0.1, 0.15) is 16.2 Å². The molecule has 1 aliphatic rings. The first-order valence-corrected chi connectivity index (χ1v) is 9.35. The maximum atomic E-state index is 12.6. The Bertz CT molecular complexity index is 868. The van der Waals surface area contributed by atoms with Crippen molar-refractivity contribution in [2.75, 3.05) is 18.7 Å². The summed E-state index contributed by atoms with van der Waals surface area (Å²) < 4.78 is 21.2. The lowest BCUT2D eigenvalue weighted by atomic mass is 10.0. The summed E-state index contributed by atoms with van der Waals surface area (Å²) in [7, 11) is 0. The number of thiophene rings is 1. The number of hydrogen-bond donors (Lipinski definition) is 1. The average Bonchev–Trinajstić information content (AvgIpc) is 3.18. The Balaban J connectivity index is 1.96. The zero-order valence-electron chi connectivity index (χ0n) is 15.6. The van der Waals surface area contributed by atoms with E-state index in [0.717, 1.165) is 5.56 Å². The third-order valence-electron chi connectivity index (χ3n) is 3.57. The van der Waals surface area contributed by atoms with E-state index in [1.54, 1.807) is 45.2 Å². The first kappa shape index (κ1) is 19.0. The van der Waals surface area contributed by atoms with Crippen LogP contribution < -0.4 is 14.8 Å². The Morgan fingerprint density at radius 2 is 1.96 bits per heavy atom. The summed E-state index contributed by atoms with van der Waals surface area (Å²) in [4.78, 5) is 24.7. The number of benzene rings is 1. The number of carbonyl (C=O) groups excluding carboxylic acids is 2. The SMILES string of the molecule is CCOC(=O)c1c(-c2ccc3c(c2)OCO3)csc1NC(=O)OC(C)(C)C. The Labute approximate surface area is 161 Å². The fraction of sp³-hybridized carbons (Fsp3) is 0.368. The highest BCUT2D eigenvalue weighted by Crippen LogP contribution is 2.41. The van der Waals surface area contributed by atoms with Gasteiger partial charge in [0.2, 0.25) is 6.79 Å². The third-order valence-corrected chi connectivity index (χ3v) is 4.46. The maximum absolute atomic E-state index is 12.6. The van der Waals surface area contributed by atoms with Crippen LogP contribution in [0.15, 0.2) is 23.6 Å². The molecule has 144 valence electrons. The second-order valence-electron chi connectivity index (χ2n) is 6.77. The molecular formula is C19H21NO6S. The van der Waals surface area contributed by atoms with Crippen molar-refractivity contribution < 1.29 is 28.5 Å². The van der Waals surface area contributed by atoms with Gasteiger partial charge in [-0.15, -0.1) is 11.3 Å². The third kappa shape index (κ3) is 4.33. The molecule has 0 fully saturated rings. The molecular weight excluding hydrogens is 370 g/mol. The van der Waals surface area contributed by atoms with Gasteiger partial charge in [-0.3, -0.25) is 5.32 Å². The monoisotopic (exact) mass is 391 g/mol. The van der Waals surface area contributed by atoms with E-state index in [2.05, 4.69) is 5.32 Å². The zero-order chi connectivity index (χ0) is 19.6. The topological polar surface area (TPSA) is 83.1 Å². The van der Waals surface area contributed by atoms with E-state index >= 15 is 0 Å². The second kappa shape index (κ2) is 7.48. The van der Waals surface area contributed by atoms with Gasteiger partial charge in [0, 0.05) is 10.9 Å². The summed E-state index contributed by atoms with van der Waals surface area (Å²) in [5.41, 5.74) is 1.04. The lowest BCUT2D eigenvalue weighted by Gasteiger charge is -2.19. The Hall–Kier alpha value is -2.74. The highest BCUT2D eigenvalue weighted by molar-refractivity contribution is 7.15. The number of esters is 1. The molecule has 1 N–H and O–H groups in total. The number of nitrogens with one attached hydrogen (secondary N) is 1. The summed E-state index contributed by atoms with van der Waals surface area (Å²) >= 11 is 1.23. The molecule has 0 aliphatic carbocycles. The van der Waals surface area contributed by atoms with Crippen LogP contribution in [-0.2, 0) is 9.47 Å². The van der Waals surface area contributed by atoms with Crippen LogP contribution in [0.3, 0.4) is 0 Å².